The average Bonchev–Trinajstić information content (AvgIpc) is 2.13. The summed E-state index contributed by atoms with van der Waals surface area (Å²) in [6.45, 7) is 0. The van der Waals surface area contributed by atoms with Crippen LogP contribution in [0.4, 0.5) is 4.39 Å². The second-order valence-electron chi connectivity index (χ2n) is 2.48. The van der Waals surface area contributed by atoms with Crippen molar-refractivity contribution in [1.82, 2.24) is 0 Å². The van der Waals surface area contributed by atoms with Gasteiger partial charge in [0.25, 0.3) is 0 Å². The summed E-state index contributed by atoms with van der Waals surface area (Å²) in [5.74, 6) is -0.311. The first-order valence-electron chi connectivity index (χ1n) is 3.54. The summed E-state index contributed by atoms with van der Waals surface area (Å²) in [5, 5.41) is 11.1. The molecule has 1 rings (SSSR count). The van der Waals surface area contributed by atoms with Gasteiger partial charge in [-0.3, -0.25) is 0 Å². The number of benzene rings is 1. The molecule has 0 saturated carbocycles. The average molecular weight is 247 g/mol. The van der Waals surface area contributed by atoms with Gasteiger partial charge in [0.05, 0.1) is 4.47 Å². The lowest BCUT2D eigenvalue weighted by Crippen LogP contribution is -2.15. The predicted molar refractivity (Wildman–Crippen MR) is 51.2 cm³/mol. The Morgan fingerprint density at radius 2 is 2.31 bits per heavy atom. The minimum Gasteiger partial charge on any atom is -0.409 e. The maximum absolute atomic E-state index is 12.9. The molecular formula is C8H8BrFN2O. The lowest BCUT2D eigenvalue weighted by atomic mass is 10.1. The molecule has 0 unspecified atom stereocenters. The molecule has 0 atom stereocenters. The molecule has 3 N–H and O–H groups in total. The van der Waals surface area contributed by atoms with E-state index in [9.17, 15) is 4.39 Å². The third kappa shape index (κ3) is 2.42. The number of hydrogen-bond donors (Lipinski definition) is 2. The highest BCUT2D eigenvalue weighted by Gasteiger charge is 2.06. The first-order valence-corrected chi connectivity index (χ1v) is 4.33. The van der Waals surface area contributed by atoms with Gasteiger partial charge in [-0.2, -0.15) is 0 Å². The van der Waals surface area contributed by atoms with Crippen LogP contribution >= 0.6 is 15.9 Å². The van der Waals surface area contributed by atoms with Crippen LogP contribution in [0.5, 0.6) is 0 Å². The first-order chi connectivity index (χ1) is 6.15. The molecule has 0 saturated heterocycles. The number of rotatable bonds is 2. The van der Waals surface area contributed by atoms with Crippen LogP contribution in [0.2, 0.25) is 0 Å². The molecule has 70 valence electrons. The molecule has 0 aliphatic carbocycles. The summed E-state index contributed by atoms with van der Waals surface area (Å²) in [5.41, 5.74) is 5.93. The summed E-state index contributed by atoms with van der Waals surface area (Å²) in [7, 11) is 0. The molecule has 1 aromatic carbocycles. The summed E-state index contributed by atoms with van der Waals surface area (Å²) >= 11 is 3.07. The Labute approximate surface area is 83.2 Å². The zero-order valence-electron chi connectivity index (χ0n) is 6.67. The second-order valence-corrected chi connectivity index (χ2v) is 3.27. The van der Waals surface area contributed by atoms with Crippen molar-refractivity contribution in [3.05, 3.63) is 34.1 Å². The van der Waals surface area contributed by atoms with Gasteiger partial charge in [0.15, 0.2) is 0 Å². The Kier molecular flexibility index (Phi) is 3.25. The SMILES string of the molecule is N/C(Cc1cccc(F)c1Br)=N/O. The van der Waals surface area contributed by atoms with E-state index in [4.69, 9.17) is 10.9 Å². The van der Waals surface area contributed by atoms with E-state index in [0.29, 0.717) is 10.0 Å². The molecule has 0 aliphatic rings. The fourth-order valence-corrected chi connectivity index (χ4v) is 1.32. The highest BCUT2D eigenvalue weighted by Crippen LogP contribution is 2.20. The molecule has 0 aliphatic heterocycles. The molecule has 13 heavy (non-hydrogen) atoms. The van der Waals surface area contributed by atoms with E-state index in [0.717, 1.165) is 0 Å². The minimum atomic E-state index is -0.358. The van der Waals surface area contributed by atoms with Gasteiger partial charge in [-0.25, -0.2) is 4.39 Å². The molecule has 1 aromatic rings. The molecule has 0 amide bonds. The molecule has 0 bridgehead atoms. The van der Waals surface area contributed by atoms with Gasteiger partial charge in [-0.1, -0.05) is 17.3 Å². The van der Waals surface area contributed by atoms with Gasteiger partial charge in [0, 0.05) is 6.42 Å². The predicted octanol–water partition coefficient (Wildman–Crippen LogP) is 1.88. The van der Waals surface area contributed by atoms with Crippen molar-refractivity contribution >= 4 is 21.8 Å². The summed E-state index contributed by atoms with van der Waals surface area (Å²) < 4.78 is 13.3. The van der Waals surface area contributed by atoms with E-state index < -0.39 is 0 Å². The van der Waals surface area contributed by atoms with Crippen LogP contribution in [-0.2, 0) is 6.42 Å². The van der Waals surface area contributed by atoms with E-state index in [1.807, 2.05) is 0 Å². The Hall–Kier alpha value is -1.10. The van der Waals surface area contributed by atoms with Crippen molar-refractivity contribution in [3.8, 4) is 0 Å². The molecule has 0 heterocycles. The van der Waals surface area contributed by atoms with E-state index in [1.165, 1.54) is 6.07 Å². The number of oxime groups is 1. The lowest BCUT2D eigenvalue weighted by Gasteiger charge is -2.03. The van der Waals surface area contributed by atoms with Crippen LogP contribution in [0.15, 0.2) is 27.8 Å². The quantitative estimate of drug-likeness (QED) is 0.363. The number of halogens is 2. The van der Waals surface area contributed by atoms with Crippen molar-refractivity contribution in [2.45, 2.75) is 6.42 Å². The smallest absolute Gasteiger partial charge is 0.143 e. The van der Waals surface area contributed by atoms with Gasteiger partial charge >= 0.3 is 0 Å². The van der Waals surface area contributed by atoms with Crippen molar-refractivity contribution < 1.29 is 9.60 Å². The molecule has 0 aromatic heterocycles. The standard InChI is InChI=1S/C8H8BrFN2O/c9-8-5(4-7(11)12-13)2-1-3-6(8)10/h1-3,13H,4H2,(H2,11,12). The van der Waals surface area contributed by atoms with E-state index in [2.05, 4.69) is 21.1 Å². The number of nitrogens with zero attached hydrogens (tertiary/aromatic N) is 1. The normalized spacial score (nSPS) is 11.7. The van der Waals surface area contributed by atoms with Gasteiger partial charge in [0.1, 0.15) is 11.7 Å². The zero-order chi connectivity index (χ0) is 9.84. The van der Waals surface area contributed by atoms with Crippen LogP contribution in [-0.4, -0.2) is 11.0 Å². The van der Waals surface area contributed by atoms with Crippen molar-refractivity contribution in [2.75, 3.05) is 0 Å². The maximum Gasteiger partial charge on any atom is 0.143 e. The van der Waals surface area contributed by atoms with Gasteiger partial charge in [0.2, 0.25) is 0 Å². The summed E-state index contributed by atoms with van der Waals surface area (Å²) in [4.78, 5) is 0. The highest BCUT2D eigenvalue weighted by atomic mass is 79.9. The minimum absolute atomic E-state index is 0.0475. The number of hydrogen-bond acceptors (Lipinski definition) is 2. The topological polar surface area (TPSA) is 58.6 Å². The van der Waals surface area contributed by atoms with Gasteiger partial charge in [-0.05, 0) is 27.6 Å². The number of amidine groups is 1. The summed E-state index contributed by atoms with van der Waals surface area (Å²) in [6, 6.07) is 4.60. The summed E-state index contributed by atoms with van der Waals surface area (Å²) in [6.07, 6.45) is 0.217. The van der Waals surface area contributed by atoms with Crippen LogP contribution in [0.25, 0.3) is 0 Å². The van der Waals surface area contributed by atoms with Gasteiger partial charge in [-0.15, -0.1) is 0 Å². The highest BCUT2D eigenvalue weighted by molar-refractivity contribution is 9.10. The first kappa shape index (κ1) is 9.98. The van der Waals surface area contributed by atoms with E-state index >= 15 is 0 Å². The van der Waals surface area contributed by atoms with Crippen LogP contribution in [0, 0.1) is 5.82 Å². The Bertz CT molecular complexity index is 341. The lowest BCUT2D eigenvalue weighted by molar-refractivity contribution is 0.317. The molecule has 0 spiro atoms. The zero-order valence-corrected chi connectivity index (χ0v) is 8.25. The van der Waals surface area contributed by atoms with Crippen LogP contribution in [0.1, 0.15) is 5.56 Å². The third-order valence-corrected chi connectivity index (χ3v) is 2.42. The Balaban J connectivity index is 2.96. The fraction of sp³-hybridized carbons (Fsp3) is 0.125. The molecule has 5 heteroatoms. The molecule has 3 nitrogen and oxygen atoms in total. The molecule has 0 radical (unpaired) electrons. The van der Waals surface area contributed by atoms with Crippen LogP contribution in [0.3, 0.4) is 0 Å². The van der Waals surface area contributed by atoms with E-state index in [-0.39, 0.29) is 18.1 Å². The van der Waals surface area contributed by atoms with Gasteiger partial charge < -0.3 is 10.9 Å². The third-order valence-electron chi connectivity index (χ3n) is 1.53. The van der Waals surface area contributed by atoms with Crippen molar-refractivity contribution in [1.29, 1.82) is 0 Å². The Morgan fingerprint density at radius 3 is 2.92 bits per heavy atom. The Morgan fingerprint density at radius 1 is 1.62 bits per heavy atom. The maximum atomic E-state index is 12.9. The molecule has 0 fully saturated rings. The monoisotopic (exact) mass is 246 g/mol. The van der Waals surface area contributed by atoms with E-state index in [1.54, 1.807) is 12.1 Å². The second kappa shape index (κ2) is 4.23. The van der Waals surface area contributed by atoms with Crippen molar-refractivity contribution in [2.24, 2.45) is 10.9 Å². The molecular weight excluding hydrogens is 239 g/mol. The fourth-order valence-electron chi connectivity index (χ4n) is 0.915. The van der Waals surface area contributed by atoms with Crippen LogP contribution < -0.4 is 5.73 Å². The van der Waals surface area contributed by atoms with Crippen molar-refractivity contribution in [3.63, 3.8) is 0 Å². The largest absolute Gasteiger partial charge is 0.409 e. The number of nitrogens with two attached hydrogens (primary N) is 1.